The highest BCUT2D eigenvalue weighted by Crippen LogP contribution is 1.99. The molecule has 0 radical (unpaired) electrons. The molecule has 0 aliphatic heterocycles. The van der Waals surface area contributed by atoms with Crippen LogP contribution in [0.1, 0.15) is 19.4 Å². The highest BCUT2D eigenvalue weighted by atomic mass is 32.2. The third kappa shape index (κ3) is 4.32. The molecule has 0 saturated carbocycles. The van der Waals surface area contributed by atoms with Crippen molar-refractivity contribution >= 4 is 9.84 Å². The molecule has 0 aromatic carbocycles. The molecule has 6 heteroatoms. The van der Waals surface area contributed by atoms with Gasteiger partial charge in [-0.1, -0.05) is 6.92 Å². The Kier molecular flexibility index (Phi) is 4.49. The lowest BCUT2D eigenvalue weighted by Gasteiger charge is -2.12. The normalized spacial score (nSPS) is 13.9. The van der Waals surface area contributed by atoms with E-state index in [1.54, 1.807) is 17.8 Å². The molecule has 16 heavy (non-hydrogen) atoms. The summed E-state index contributed by atoms with van der Waals surface area (Å²) in [5.41, 5.74) is 1.06. The average Bonchev–Trinajstić information content (AvgIpc) is 2.61. The predicted octanol–water partition coefficient (Wildman–Crippen LogP) is 0.333. The molecule has 1 unspecified atom stereocenters. The zero-order valence-electron chi connectivity index (χ0n) is 9.97. The average molecular weight is 245 g/mol. The summed E-state index contributed by atoms with van der Waals surface area (Å²) in [6.07, 6.45) is 3.68. The van der Waals surface area contributed by atoms with E-state index in [0.717, 1.165) is 5.56 Å². The molecule has 1 N–H and O–H groups in total. The van der Waals surface area contributed by atoms with Crippen LogP contribution in [0.3, 0.4) is 0 Å². The summed E-state index contributed by atoms with van der Waals surface area (Å²) in [6, 6.07) is -0.0369. The van der Waals surface area contributed by atoms with Crippen LogP contribution in [0.4, 0.5) is 0 Å². The van der Waals surface area contributed by atoms with Crippen LogP contribution in [-0.2, 0) is 23.4 Å². The zero-order chi connectivity index (χ0) is 12.2. The fourth-order valence-corrected chi connectivity index (χ4v) is 2.53. The molecule has 0 fully saturated rings. The smallest absolute Gasteiger partial charge is 0.151 e. The van der Waals surface area contributed by atoms with Gasteiger partial charge in [0.15, 0.2) is 9.84 Å². The highest BCUT2D eigenvalue weighted by molar-refractivity contribution is 7.91. The van der Waals surface area contributed by atoms with E-state index in [1.165, 1.54) is 0 Å². The number of sulfone groups is 1. The Labute approximate surface area is 96.8 Å². The van der Waals surface area contributed by atoms with Crippen molar-refractivity contribution in [3.8, 4) is 0 Å². The van der Waals surface area contributed by atoms with E-state index in [-0.39, 0.29) is 17.5 Å². The summed E-state index contributed by atoms with van der Waals surface area (Å²) in [5.74, 6) is 0.385. The lowest BCUT2D eigenvalue weighted by molar-refractivity contribution is 0.557. The Morgan fingerprint density at radius 3 is 2.75 bits per heavy atom. The number of aromatic nitrogens is 2. The van der Waals surface area contributed by atoms with E-state index < -0.39 is 9.84 Å². The summed E-state index contributed by atoms with van der Waals surface area (Å²) in [5, 5.41) is 7.21. The van der Waals surface area contributed by atoms with Crippen molar-refractivity contribution in [3.05, 3.63) is 18.0 Å². The van der Waals surface area contributed by atoms with E-state index in [1.807, 2.05) is 20.2 Å². The van der Waals surface area contributed by atoms with Gasteiger partial charge in [0.1, 0.15) is 0 Å². The molecule has 1 aromatic rings. The molecule has 0 saturated heterocycles. The van der Waals surface area contributed by atoms with Gasteiger partial charge in [0.2, 0.25) is 0 Å². The van der Waals surface area contributed by atoms with Gasteiger partial charge in [-0.2, -0.15) is 5.10 Å². The zero-order valence-corrected chi connectivity index (χ0v) is 10.8. The van der Waals surface area contributed by atoms with Crippen molar-refractivity contribution in [1.82, 2.24) is 15.1 Å². The van der Waals surface area contributed by atoms with Crippen molar-refractivity contribution in [2.75, 3.05) is 11.5 Å². The van der Waals surface area contributed by atoms with Crippen LogP contribution >= 0.6 is 0 Å². The molecule has 1 aromatic heterocycles. The second-order valence-electron chi connectivity index (χ2n) is 4.00. The molecule has 1 rings (SSSR count). The van der Waals surface area contributed by atoms with Crippen LogP contribution in [0.2, 0.25) is 0 Å². The molecular weight excluding hydrogens is 226 g/mol. The van der Waals surface area contributed by atoms with Gasteiger partial charge in [-0.15, -0.1) is 0 Å². The molecule has 0 aliphatic carbocycles. The van der Waals surface area contributed by atoms with Crippen molar-refractivity contribution < 1.29 is 8.42 Å². The van der Waals surface area contributed by atoms with Crippen LogP contribution in [0, 0.1) is 0 Å². The topological polar surface area (TPSA) is 64.0 Å². The van der Waals surface area contributed by atoms with E-state index in [9.17, 15) is 8.42 Å². The van der Waals surface area contributed by atoms with Crippen molar-refractivity contribution in [3.63, 3.8) is 0 Å². The largest absolute Gasteiger partial charge is 0.309 e. The third-order valence-electron chi connectivity index (χ3n) is 2.36. The second-order valence-corrected chi connectivity index (χ2v) is 6.40. The van der Waals surface area contributed by atoms with E-state index in [4.69, 9.17) is 0 Å². The number of hydrogen-bond acceptors (Lipinski definition) is 4. The molecule has 0 aliphatic rings. The van der Waals surface area contributed by atoms with Crippen molar-refractivity contribution in [2.45, 2.75) is 26.4 Å². The number of aryl methyl sites for hydroxylation is 1. The maximum absolute atomic E-state index is 11.4. The summed E-state index contributed by atoms with van der Waals surface area (Å²) >= 11 is 0. The molecule has 0 spiro atoms. The minimum absolute atomic E-state index is 0.0369. The maximum Gasteiger partial charge on any atom is 0.151 e. The van der Waals surface area contributed by atoms with Gasteiger partial charge in [0.05, 0.1) is 11.9 Å². The first kappa shape index (κ1) is 13.2. The van der Waals surface area contributed by atoms with Crippen LogP contribution < -0.4 is 5.32 Å². The number of hydrogen-bond donors (Lipinski definition) is 1. The molecule has 1 atom stereocenters. The van der Waals surface area contributed by atoms with Gasteiger partial charge < -0.3 is 5.32 Å². The molecule has 92 valence electrons. The van der Waals surface area contributed by atoms with E-state index >= 15 is 0 Å². The number of rotatable bonds is 6. The van der Waals surface area contributed by atoms with Crippen LogP contribution in [-0.4, -0.2) is 35.7 Å². The Morgan fingerprint density at radius 2 is 2.25 bits per heavy atom. The summed E-state index contributed by atoms with van der Waals surface area (Å²) in [4.78, 5) is 0. The van der Waals surface area contributed by atoms with Crippen LogP contribution in [0.15, 0.2) is 12.4 Å². The van der Waals surface area contributed by atoms with E-state index in [0.29, 0.717) is 6.54 Å². The third-order valence-corrected chi connectivity index (χ3v) is 4.24. The Morgan fingerprint density at radius 1 is 1.56 bits per heavy atom. The first-order valence-corrected chi connectivity index (χ1v) is 7.16. The fraction of sp³-hybridized carbons (Fsp3) is 0.700. The minimum atomic E-state index is -2.90. The SMILES string of the molecule is CCS(=O)(=O)CC(C)NCc1cnn(C)c1. The lowest BCUT2D eigenvalue weighted by Crippen LogP contribution is -2.33. The Bertz CT molecular complexity index is 425. The first-order valence-electron chi connectivity index (χ1n) is 5.34. The number of nitrogens with zero attached hydrogens (tertiary/aromatic N) is 2. The summed E-state index contributed by atoms with van der Waals surface area (Å²) < 4.78 is 24.5. The predicted molar refractivity (Wildman–Crippen MR) is 63.8 cm³/mol. The lowest BCUT2D eigenvalue weighted by atomic mass is 10.3. The maximum atomic E-state index is 11.4. The van der Waals surface area contributed by atoms with Gasteiger partial charge in [-0.05, 0) is 6.92 Å². The molecular formula is C10H19N3O2S. The van der Waals surface area contributed by atoms with Gasteiger partial charge in [-0.3, -0.25) is 4.68 Å². The van der Waals surface area contributed by atoms with Crippen LogP contribution in [0.25, 0.3) is 0 Å². The number of nitrogens with one attached hydrogen (secondary N) is 1. The second kappa shape index (κ2) is 5.45. The van der Waals surface area contributed by atoms with Gasteiger partial charge in [0, 0.05) is 37.1 Å². The van der Waals surface area contributed by atoms with Crippen molar-refractivity contribution in [2.24, 2.45) is 7.05 Å². The Hall–Kier alpha value is -0.880. The minimum Gasteiger partial charge on any atom is -0.309 e. The molecule has 1 heterocycles. The first-order chi connectivity index (χ1) is 7.43. The van der Waals surface area contributed by atoms with E-state index in [2.05, 4.69) is 10.4 Å². The van der Waals surface area contributed by atoms with Crippen molar-refractivity contribution in [1.29, 1.82) is 0 Å². The van der Waals surface area contributed by atoms with Gasteiger partial charge in [0.25, 0.3) is 0 Å². The molecule has 0 bridgehead atoms. The van der Waals surface area contributed by atoms with Crippen LogP contribution in [0.5, 0.6) is 0 Å². The van der Waals surface area contributed by atoms with Gasteiger partial charge in [-0.25, -0.2) is 8.42 Å². The Balaban J connectivity index is 2.39. The monoisotopic (exact) mass is 245 g/mol. The van der Waals surface area contributed by atoms with Gasteiger partial charge >= 0.3 is 0 Å². The fourth-order valence-electron chi connectivity index (χ4n) is 1.41. The highest BCUT2D eigenvalue weighted by Gasteiger charge is 2.13. The summed E-state index contributed by atoms with van der Waals surface area (Å²) in [7, 11) is -1.05. The molecule has 5 nitrogen and oxygen atoms in total. The standard InChI is InChI=1S/C10H19N3O2S/c1-4-16(14,15)8-9(2)11-5-10-6-12-13(3)7-10/h6-7,9,11H,4-5,8H2,1-3H3. The quantitative estimate of drug-likeness (QED) is 0.784. The summed E-state index contributed by atoms with van der Waals surface area (Å²) in [6.45, 7) is 4.20. The molecule has 0 amide bonds.